The predicted molar refractivity (Wildman–Crippen MR) is 57.1 cm³/mol. The van der Waals surface area contributed by atoms with Crippen LogP contribution in [-0.4, -0.2) is 35.3 Å². The van der Waals surface area contributed by atoms with E-state index in [0.29, 0.717) is 12.5 Å². The van der Waals surface area contributed by atoms with E-state index in [1.807, 2.05) is 14.0 Å². The molecule has 1 heterocycles. The van der Waals surface area contributed by atoms with Gasteiger partial charge in [-0.15, -0.1) is 5.10 Å². The molecule has 7 heteroatoms. The summed E-state index contributed by atoms with van der Waals surface area (Å²) in [6.07, 6.45) is 0. The molecule has 0 spiro atoms. The van der Waals surface area contributed by atoms with E-state index in [4.69, 9.17) is 0 Å². The van der Waals surface area contributed by atoms with Crippen LogP contribution in [0.3, 0.4) is 0 Å². The molecule has 15 heavy (non-hydrogen) atoms. The molecule has 84 valence electrons. The van der Waals surface area contributed by atoms with Gasteiger partial charge in [0.25, 0.3) is 5.56 Å². The zero-order valence-corrected chi connectivity index (χ0v) is 8.76. The quantitative estimate of drug-likeness (QED) is 0.488. The van der Waals surface area contributed by atoms with Crippen LogP contribution >= 0.6 is 0 Å². The second-order valence-electron chi connectivity index (χ2n) is 3.40. The van der Waals surface area contributed by atoms with Crippen LogP contribution in [0.5, 0.6) is 0 Å². The molecule has 0 saturated carbocycles. The van der Waals surface area contributed by atoms with Gasteiger partial charge in [0.1, 0.15) is 0 Å². The maximum Gasteiger partial charge on any atom is 0.342 e. The zero-order chi connectivity index (χ0) is 11.3. The number of hydrogen-bond acceptors (Lipinski definition) is 5. The van der Waals surface area contributed by atoms with Crippen LogP contribution in [0.2, 0.25) is 0 Å². The lowest BCUT2D eigenvalue weighted by Crippen LogP contribution is -2.30. The number of nitrogens with one attached hydrogen (secondary N) is 4. The van der Waals surface area contributed by atoms with Gasteiger partial charge in [-0.25, -0.2) is 9.89 Å². The van der Waals surface area contributed by atoms with Gasteiger partial charge in [-0.05, 0) is 19.5 Å². The summed E-state index contributed by atoms with van der Waals surface area (Å²) in [7, 11) is 1.86. The van der Waals surface area contributed by atoms with Gasteiger partial charge < -0.3 is 10.6 Å². The van der Waals surface area contributed by atoms with Gasteiger partial charge in [0.2, 0.25) is 5.82 Å². The molecule has 0 amide bonds. The van der Waals surface area contributed by atoms with E-state index < -0.39 is 11.2 Å². The number of anilines is 1. The van der Waals surface area contributed by atoms with Crippen molar-refractivity contribution in [3.63, 3.8) is 0 Å². The molecule has 4 N–H and O–H groups in total. The van der Waals surface area contributed by atoms with Gasteiger partial charge in [0.05, 0.1) is 0 Å². The fraction of sp³-hybridized carbons (Fsp3) is 0.625. The van der Waals surface area contributed by atoms with E-state index in [9.17, 15) is 9.59 Å². The molecule has 7 nitrogen and oxygen atoms in total. The Balaban J connectivity index is 2.58. The molecule has 0 aliphatic rings. The fourth-order valence-electron chi connectivity index (χ4n) is 1.16. The normalized spacial score (nSPS) is 12.4. The summed E-state index contributed by atoms with van der Waals surface area (Å²) in [4.78, 5) is 24.0. The molecule has 0 radical (unpaired) electrons. The summed E-state index contributed by atoms with van der Waals surface area (Å²) >= 11 is 0. The molecule has 0 aliphatic carbocycles. The minimum atomic E-state index is -0.603. The standard InChI is InChI=1S/C8H15N5O2/c1-5(3-9-2)4-10-6-7(14)11-8(15)13-12-6/h5,9H,3-4H2,1-2H3,(H,10,12)(H2,11,13,14,15). The monoisotopic (exact) mass is 213 g/mol. The summed E-state index contributed by atoms with van der Waals surface area (Å²) < 4.78 is 0. The molecule has 1 aromatic rings. The minimum Gasteiger partial charge on any atom is -0.364 e. The van der Waals surface area contributed by atoms with Crippen molar-refractivity contribution in [1.82, 2.24) is 20.5 Å². The third-order valence-electron chi connectivity index (χ3n) is 1.88. The highest BCUT2D eigenvalue weighted by atomic mass is 16.2. The fourth-order valence-corrected chi connectivity index (χ4v) is 1.16. The van der Waals surface area contributed by atoms with Crippen LogP contribution in [0.25, 0.3) is 0 Å². The van der Waals surface area contributed by atoms with Gasteiger partial charge in [0, 0.05) is 6.54 Å². The van der Waals surface area contributed by atoms with Crippen molar-refractivity contribution in [3.05, 3.63) is 20.8 Å². The molecule has 1 atom stereocenters. The Kier molecular flexibility index (Phi) is 4.04. The lowest BCUT2D eigenvalue weighted by atomic mass is 10.2. The van der Waals surface area contributed by atoms with Gasteiger partial charge in [0.15, 0.2) is 0 Å². The van der Waals surface area contributed by atoms with Crippen molar-refractivity contribution < 1.29 is 0 Å². The van der Waals surface area contributed by atoms with Crippen LogP contribution in [0.4, 0.5) is 5.82 Å². The summed E-state index contributed by atoms with van der Waals surface area (Å²) in [6, 6.07) is 0. The Morgan fingerprint density at radius 2 is 2.13 bits per heavy atom. The Hall–Kier alpha value is -1.63. The van der Waals surface area contributed by atoms with Gasteiger partial charge >= 0.3 is 5.69 Å². The van der Waals surface area contributed by atoms with Crippen LogP contribution in [-0.2, 0) is 0 Å². The van der Waals surface area contributed by atoms with Crippen LogP contribution in [0, 0.1) is 5.92 Å². The van der Waals surface area contributed by atoms with E-state index in [1.165, 1.54) is 0 Å². The summed E-state index contributed by atoms with van der Waals surface area (Å²) in [5.74, 6) is 0.501. The van der Waals surface area contributed by atoms with E-state index in [2.05, 4.69) is 25.8 Å². The van der Waals surface area contributed by atoms with E-state index in [-0.39, 0.29) is 5.82 Å². The van der Waals surface area contributed by atoms with Crippen molar-refractivity contribution in [2.24, 2.45) is 5.92 Å². The van der Waals surface area contributed by atoms with Crippen LogP contribution < -0.4 is 21.9 Å². The van der Waals surface area contributed by atoms with Crippen LogP contribution in [0.15, 0.2) is 9.59 Å². The summed E-state index contributed by atoms with van der Waals surface area (Å²) in [5, 5.41) is 11.6. The molecule has 0 bridgehead atoms. The Morgan fingerprint density at radius 3 is 2.73 bits per heavy atom. The zero-order valence-electron chi connectivity index (χ0n) is 8.76. The number of rotatable bonds is 5. The Morgan fingerprint density at radius 1 is 1.40 bits per heavy atom. The molecule has 0 aliphatic heterocycles. The summed E-state index contributed by atoms with van der Waals surface area (Å²) in [6.45, 7) is 3.49. The lowest BCUT2D eigenvalue weighted by Gasteiger charge is -2.10. The van der Waals surface area contributed by atoms with E-state index in [1.54, 1.807) is 0 Å². The van der Waals surface area contributed by atoms with E-state index >= 15 is 0 Å². The van der Waals surface area contributed by atoms with Gasteiger partial charge in [-0.3, -0.25) is 9.78 Å². The molecule has 0 saturated heterocycles. The molecule has 1 aromatic heterocycles. The number of hydrogen-bond donors (Lipinski definition) is 4. The van der Waals surface area contributed by atoms with Crippen molar-refractivity contribution in [2.75, 3.05) is 25.5 Å². The Labute approximate surface area is 86.3 Å². The SMILES string of the molecule is CNCC(C)CNc1n[nH]c(=O)[nH]c1=O. The van der Waals surface area contributed by atoms with Crippen molar-refractivity contribution >= 4 is 5.82 Å². The number of nitrogens with zero attached hydrogens (tertiary/aromatic N) is 1. The average Bonchev–Trinajstić information content (AvgIpc) is 2.17. The number of aromatic amines is 2. The number of H-pyrrole nitrogens is 2. The molecule has 0 aromatic carbocycles. The van der Waals surface area contributed by atoms with Crippen molar-refractivity contribution in [2.45, 2.75) is 6.92 Å². The maximum absolute atomic E-state index is 11.2. The second-order valence-corrected chi connectivity index (χ2v) is 3.40. The first-order chi connectivity index (χ1) is 7.13. The molecule has 1 rings (SSSR count). The lowest BCUT2D eigenvalue weighted by molar-refractivity contribution is 0.567. The number of aromatic nitrogens is 3. The maximum atomic E-state index is 11.2. The average molecular weight is 213 g/mol. The van der Waals surface area contributed by atoms with Crippen molar-refractivity contribution in [1.29, 1.82) is 0 Å². The van der Waals surface area contributed by atoms with Gasteiger partial charge in [-0.1, -0.05) is 6.92 Å². The first-order valence-electron chi connectivity index (χ1n) is 4.71. The third-order valence-corrected chi connectivity index (χ3v) is 1.88. The smallest absolute Gasteiger partial charge is 0.342 e. The summed E-state index contributed by atoms with van der Waals surface area (Å²) in [5.41, 5.74) is -1.11. The second kappa shape index (κ2) is 5.30. The highest BCUT2D eigenvalue weighted by Gasteiger charge is 2.04. The van der Waals surface area contributed by atoms with Crippen LogP contribution in [0.1, 0.15) is 6.92 Å². The largest absolute Gasteiger partial charge is 0.364 e. The molecule has 0 fully saturated rings. The highest BCUT2D eigenvalue weighted by molar-refractivity contribution is 5.28. The van der Waals surface area contributed by atoms with Gasteiger partial charge in [-0.2, -0.15) is 0 Å². The third kappa shape index (κ3) is 3.55. The molecular formula is C8H15N5O2. The minimum absolute atomic E-state index is 0.137. The first kappa shape index (κ1) is 11.4. The Bertz CT molecular complexity index is 410. The van der Waals surface area contributed by atoms with E-state index in [0.717, 1.165) is 6.54 Å². The highest BCUT2D eigenvalue weighted by Crippen LogP contribution is 1.94. The molecule has 1 unspecified atom stereocenters. The molecular weight excluding hydrogens is 198 g/mol. The topological polar surface area (TPSA) is 103 Å². The first-order valence-corrected chi connectivity index (χ1v) is 4.71. The van der Waals surface area contributed by atoms with Crippen molar-refractivity contribution in [3.8, 4) is 0 Å². The predicted octanol–water partition coefficient (Wildman–Crippen LogP) is -1.27.